The Hall–Kier alpha value is -1.66. The third kappa shape index (κ3) is 3.21. The molecule has 0 amide bonds. The number of nitrogens with one attached hydrogen (secondary N) is 1. The van der Waals surface area contributed by atoms with Crippen LogP contribution >= 0.6 is 11.6 Å². The molecule has 0 aliphatic rings. The first-order valence-electron chi connectivity index (χ1n) is 5.53. The Kier molecular flexibility index (Phi) is 4.34. The highest BCUT2D eigenvalue weighted by molar-refractivity contribution is 6.33. The van der Waals surface area contributed by atoms with Crippen LogP contribution in [0.3, 0.4) is 0 Å². The monoisotopic (exact) mass is 287 g/mol. The van der Waals surface area contributed by atoms with Gasteiger partial charge in [-0.1, -0.05) is 11.6 Å². The van der Waals surface area contributed by atoms with Crippen LogP contribution in [-0.2, 0) is 11.3 Å². The number of ether oxygens (including phenoxy) is 1. The lowest BCUT2D eigenvalue weighted by Crippen LogP contribution is -2.08. The first-order valence-corrected chi connectivity index (χ1v) is 5.91. The SMILES string of the molecule is COCCn1ccnc1Nc1c(F)cc(F)cc1Cl. The van der Waals surface area contributed by atoms with E-state index in [0.29, 0.717) is 19.1 Å². The van der Waals surface area contributed by atoms with Crippen molar-refractivity contribution in [1.29, 1.82) is 0 Å². The van der Waals surface area contributed by atoms with Crippen LogP contribution in [0.1, 0.15) is 0 Å². The van der Waals surface area contributed by atoms with Gasteiger partial charge >= 0.3 is 0 Å². The second kappa shape index (κ2) is 5.99. The molecule has 1 aromatic heterocycles. The third-order valence-corrected chi connectivity index (χ3v) is 2.79. The molecule has 2 rings (SSSR count). The van der Waals surface area contributed by atoms with Gasteiger partial charge in [0, 0.05) is 32.1 Å². The lowest BCUT2D eigenvalue weighted by atomic mass is 10.3. The van der Waals surface area contributed by atoms with E-state index in [1.165, 1.54) is 0 Å². The Morgan fingerprint density at radius 1 is 1.42 bits per heavy atom. The van der Waals surface area contributed by atoms with E-state index in [1.54, 1.807) is 24.1 Å². The molecular weight excluding hydrogens is 276 g/mol. The molecule has 1 heterocycles. The Labute approximate surface area is 114 Å². The van der Waals surface area contributed by atoms with Crippen molar-refractivity contribution >= 4 is 23.2 Å². The van der Waals surface area contributed by atoms with Gasteiger partial charge in [-0.3, -0.25) is 0 Å². The van der Waals surface area contributed by atoms with Gasteiger partial charge < -0.3 is 14.6 Å². The van der Waals surface area contributed by atoms with Gasteiger partial charge in [-0.15, -0.1) is 0 Å². The Morgan fingerprint density at radius 3 is 2.89 bits per heavy atom. The van der Waals surface area contributed by atoms with Gasteiger partial charge in [0.1, 0.15) is 5.82 Å². The normalized spacial score (nSPS) is 10.7. The number of nitrogens with zero attached hydrogens (tertiary/aromatic N) is 2. The summed E-state index contributed by atoms with van der Waals surface area (Å²) in [7, 11) is 1.58. The first-order chi connectivity index (χ1) is 9.11. The summed E-state index contributed by atoms with van der Waals surface area (Å²) in [6, 6.07) is 1.80. The summed E-state index contributed by atoms with van der Waals surface area (Å²) < 4.78 is 33.3. The molecule has 0 saturated heterocycles. The molecule has 1 N–H and O–H groups in total. The van der Waals surface area contributed by atoms with E-state index in [-0.39, 0.29) is 10.7 Å². The number of methoxy groups -OCH3 is 1. The number of benzene rings is 1. The molecule has 0 saturated carbocycles. The summed E-state index contributed by atoms with van der Waals surface area (Å²) in [5, 5.41) is 2.71. The van der Waals surface area contributed by atoms with Gasteiger partial charge in [0.25, 0.3) is 0 Å². The highest BCUT2D eigenvalue weighted by atomic mass is 35.5. The predicted octanol–water partition coefficient (Wildman–Crippen LogP) is 3.20. The number of hydrogen-bond acceptors (Lipinski definition) is 3. The molecule has 0 aliphatic heterocycles. The summed E-state index contributed by atoms with van der Waals surface area (Å²) >= 11 is 5.80. The molecule has 1 aromatic carbocycles. The maximum Gasteiger partial charge on any atom is 0.207 e. The average molecular weight is 288 g/mol. The van der Waals surface area contributed by atoms with Crippen LogP contribution in [0.5, 0.6) is 0 Å². The standard InChI is InChI=1S/C12H12ClF2N3O/c1-19-5-4-18-3-2-16-12(18)17-11-9(13)6-8(14)7-10(11)15/h2-3,6-7H,4-5H2,1H3,(H,16,17). The molecule has 0 bridgehead atoms. The van der Waals surface area contributed by atoms with Crippen LogP contribution in [0, 0.1) is 11.6 Å². The van der Waals surface area contributed by atoms with Gasteiger partial charge in [0.2, 0.25) is 5.95 Å². The Bertz CT molecular complexity index is 551. The number of hydrogen-bond donors (Lipinski definition) is 1. The topological polar surface area (TPSA) is 39.1 Å². The molecule has 7 heteroatoms. The third-order valence-electron chi connectivity index (χ3n) is 2.50. The van der Waals surface area contributed by atoms with Crippen molar-refractivity contribution in [3.05, 3.63) is 41.2 Å². The molecule has 0 unspecified atom stereocenters. The van der Waals surface area contributed by atoms with Crippen LogP contribution in [0.2, 0.25) is 5.02 Å². The van der Waals surface area contributed by atoms with Crippen LogP contribution in [0.25, 0.3) is 0 Å². The van der Waals surface area contributed by atoms with E-state index in [2.05, 4.69) is 10.3 Å². The Morgan fingerprint density at radius 2 is 2.21 bits per heavy atom. The number of rotatable bonds is 5. The van der Waals surface area contributed by atoms with Crippen molar-refractivity contribution in [3.8, 4) is 0 Å². The molecule has 0 fully saturated rings. The highest BCUT2D eigenvalue weighted by Gasteiger charge is 2.12. The molecule has 102 valence electrons. The first kappa shape index (κ1) is 13.8. The molecule has 0 spiro atoms. The second-order valence-corrected chi connectivity index (χ2v) is 4.21. The number of aromatic nitrogens is 2. The van der Waals surface area contributed by atoms with E-state index in [1.807, 2.05) is 0 Å². The van der Waals surface area contributed by atoms with Gasteiger partial charge in [-0.2, -0.15) is 0 Å². The van der Waals surface area contributed by atoms with Crippen molar-refractivity contribution in [2.75, 3.05) is 19.0 Å². The number of imidazole rings is 1. The van der Waals surface area contributed by atoms with E-state index >= 15 is 0 Å². The van der Waals surface area contributed by atoms with Gasteiger partial charge in [-0.05, 0) is 6.07 Å². The Balaban J connectivity index is 2.24. The fraction of sp³-hybridized carbons (Fsp3) is 0.250. The fourth-order valence-corrected chi connectivity index (χ4v) is 1.82. The van der Waals surface area contributed by atoms with Crippen LogP contribution in [0.15, 0.2) is 24.5 Å². The van der Waals surface area contributed by atoms with Crippen molar-refractivity contribution in [2.45, 2.75) is 6.54 Å². The van der Waals surface area contributed by atoms with E-state index < -0.39 is 11.6 Å². The minimum absolute atomic E-state index is 0.00654. The van der Waals surface area contributed by atoms with Crippen LogP contribution in [0.4, 0.5) is 20.4 Å². The summed E-state index contributed by atoms with van der Waals surface area (Å²) in [5.74, 6) is -1.09. The maximum absolute atomic E-state index is 13.6. The van der Waals surface area contributed by atoms with Crippen molar-refractivity contribution < 1.29 is 13.5 Å². The van der Waals surface area contributed by atoms with Crippen LogP contribution < -0.4 is 5.32 Å². The van der Waals surface area contributed by atoms with Gasteiger partial charge in [-0.25, -0.2) is 13.8 Å². The number of halogens is 3. The predicted molar refractivity (Wildman–Crippen MR) is 68.8 cm³/mol. The van der Waals surface area contributed by atoms with Crippen molar-refractivity contribution in [3.63, 3.8) is 0 Å². The second-order valence-electron chi connectivity index (χ2n) is 3.81. The summed E-state index contributed by atoms with van der Waals surface area (Å²) in [5.41, 5.74) is -0.00654. The molecule has 0 radical (unpaired) electrons. The van der Waals surface area contributed by atoms with E-state index in [4.69, 9.17) is 16.3 Å². The molecule has 0 atom stereocenters. The largest absolute Gasteiger partial charge is 0.383 e. The molecular formula is C12H12ClF2N3O. The lowest BCUT2D eigenvalue weighted by Gasteiger charge is -2.11. The van der Waals surface area contributed by atoms with E-state index in [9.17, 15) is 8.78 Å². The average Bonchev–Trinajstić information content (AvgIpc) is 2.78. The van der Waals surface area contributed by atoms with Gasteiger partial charge in [0.05, 0.1) is 17.3 Å². The quantitative estimate of drug-likeness (QED) is 0.918. The van der Waals surface area contributed by atoms with Gasteiger partial charge in [0.15, 0.2) is 5.82 Å². The summed E-state index contributed by atoms with van der Waals surface area (Å²) in [6.45, 7) is 1.05. The maximum atomic E-state index is 13.6. The fourth-order valence-electron chi connectivity index (χ4n) is 1.58. The highest BCUT2D eigenvalue weighted by Crippen LogP contribution is 2.28. The number of anilines is 2. The minimum Gasteiger partial charge on any atom is -0.383 e. The molecule has 2 aromatic rings. The smallest absolute Gasteiger partial charge is 0.207 e. The molecule has 4 nitrogen and oxygen atoms in total. The summed E-state index contributed by atoms with van der Waals surface area (Å²) in [6.07, 6.45) is 3.28. The zero-order valence-electron chi connectivity index (χ0n) is 10.2. The lowest BCUT2D eigenvalue weighted by molar-refractivity contribution is 0.188. The minimum atomic E-state index is -0.772. The summed E-state index contributed by atoms with van der Waals surface area (Å²) in [4.78, 5) is 4.05. The molecule has 19 heavy (non-hydrogen) atoms. The van der Waals surface area contributed by atoms with Crippen LogP contribution in [-0.4, -0.2) is 23.3 Å². The zero-order valence-corrected chi connectivity index (χ0v) is 10.9. The van der Waals surface area contributed by atoms with E-state index in [0.717, 1.165) is 12.1 Å². The zero-order chi connectivity index (χ0) is 13.8. The van der Waals surface area contributed by atoms with Crippen molar-refractivity contribution in [2.24, 2.45) is 0 Å². The van der Waals surface area contributed by atoms with Crippen molar-refractivity contribution in [1.82, 2.24) is 9.55 Å². The molecule has 0 aliphatic carbocycles.